The average molecular weight is 415 g/mol. The van der Waals surface area contributed by atoms with E-state index in [1.807, 2.05) is 6.07 Å². The Labute approximate surface area is 175 Å². The fourth-order valence-electron chi connectivity index (χ4n) is 4.16. The molecular weight excluding hydrogens is 384 g/mol. The molecule has 0 bridgehead atoms. The standard InChI is InChI=1S/C13H16N2O.C9H14N2OS/c14-13(16)15-12-10-5-1-3-8(10)7-9-4-2-6-11(9)12;1-7(2)5-8-3-4-9(6-11-8)13(10)12/h7H,1-6H2,(H3,14,15,16);3-4,6-7H,5,10H2,1-2H3. The van der Waals surface area contributed by atoms with Crippen LogP contribution < -0.4 is 16.2 Å². The summed E-state index contributed by atoms with van der Waals surface area (Å²) in [4.78, 5) is 15.8. The van der Waals surface area contributed by atoms with Crippen molar-refractivity contribution < 1.29 is 9.00 Å². The first-order chi connectivity index (χ1) is 13.8. The molecule has 2 aromatic rings. The molecule has 0 saturated heterocycles. The molecule has 0 aliphatic heterocycles. The Morgan fingerprint density at radius 3 is 2.21 bits per heavy atom. The number of aromatic nitrogens is 1. The van der Waals surface area contributed by atoms with E-state index in [0.717, 1.165) is 43.5 Å². The fourth-order valence-corrected chi connectivity index (χ4v) is 4.52. The maximum absolute atomic E-state index is 11.1. The number of carbonyl (C=O) groups is 1. The molecule has 1 aromatic heterocycles. The Hall–Kier alpha value is -2.25. The highest BCUT2D eigenvalue weighted by Gasteiger charge is 2.24. The summed E-state index contributed by atoms with van der Waals surface area (Å²) in [5, 5.41) is 8.04. The van der Waals surface area contributed by atoms with Crippen LogP contribution in [0.3, 0.4) is 0 Å². The van der Waals surface area contributed by atoms with Gasteiger partial charge in [-0.1, -0.05) is 19.9 Å². The van der Waals surface area contributed by atoms with Crippen LogP contribution in [0.25, 0.3) is 0 Å². The van der Waals surface area contributed by atoms with Crippen LogP contribution in [0.4, 0.5) is 10.5 Å². The zero-order valence-corrected chi connectivity index (χ0v) is 18.0. The highest BCUT2D eigenvalue weighted by molar-refractivity contribution is 7.82. The molecule has 4 rings (SSSR count). The van der Waals surface area contributed by atoms with Gasteiger partial charge >= 0.3 is 6.03 Å². The van der Waals surface area contributed by atoms with Gasteiger partial charge in [-0.2, -0.15) is 0 Å². The van der Waals surface area contributed by atoms with Gasteiger partial charge in [-0.05, 0) is 85.3 Å². The van der Waals surface area contributed by atoms with Crippen LogP contribution >= 0.6 is 0 Å². The summed E-state index contributed by atoms with van der Waals surface area (Å²) < 4.78 is 10.8. The topological polar surface area (TPSA) is 111 Å². The minimum Gasteiger partial charge on any atom is -0.351 e. The van der Waals surface area contributed by atoms with Crippen LogP contribution in [-0.2, 0) is 43.1 Å². The van der Waals surface area contributed by atoms with E-state index in [-0.39, 0.29) is 0 Å². The number of fused-ring (bicyclic) bond motifs is 2. The average Bonchev–Trinajstić information content (AvgIpc) is 3.31. The lowest BCUT2D eigenvalue weighted by Gasteiger charge is -2.14. The summed E-state index contributed by atoms with van der Waals surface area (Å²) in [6.45, 7) is 4.27. The first kappa shape index (κ1) is 21.5. The van der Waals surface area contributed by atoms with E-state index in [0.29, 0.717) is 10.8 Å². The number of primary amides is 1. The molecule has 1 aromatic carbocycles. The van der Waals surface area contributed by atoms with Crippen molar-refractivity contribution in [2.24, 2.45) is 16.8 Å². The van der Waals surface area contributed by atoms with E-state index < -0.39 is 17.0 Å². The minimum absolute atomic E-state index is 0.436. The number of pyridine rings is 1. The number of anilines is 1. The van der Waals surface area contributed by atoms with Crippen molar-refractivity contribution in [2.75, 3.05) is 5.32 Å². The summed E-state index contributed by atoms with van der Waals surface area (Å²) in [7, 11) is -1.41. The minimum atomic E-state index is -1.41. The number of benzene rings is 1. The molecule has 1 heterocycles. The van der Waals surface area contributed by atoms with Gasteiger partial charge in [0.15, 0.2) is 0 Å². The summed E-state index contributed by atoms with van der Waals surface area (Å²) in [6, 6.07) is 5.55. The number of amides is 2. The van der Waals surface area contributed by atoms with Crippen molar-refractivity contribution in [3.63, 3.8) is 0 Å². The molecule has 2 aliphatic rings. The van der Waals surface area contributed by atoms with Crippen LogP contribution in [-0.4, -0.2) is 15.2 Å². The van der Waals surface area contributed by atoms with Gasteiger partial charge in [0, 0.05) is 17.6 Å². The summed E-state index contributed by atoms with van der Waals surface area (Å²) in [5.41, 5.74) is 12.8. The highest BCUT2D eigenvalue weighted by Crippen LogP contribution is 2.38. The second-order valence-electron chi connectivity index (χ2n) is 8.10. The van der Waals surface area contributed by atoms with Crippen LogP contribution in [0.2, 0.25) is 0 Å². The number of nitrogens with zero attached hydrogens (tertiary/aromatic N) is 1. The van der Waals surface area contributed by atoms with Crippen molar-refractivity contribution >= 4 is 22.7 Å². The van der Waals surface area contributed by atoms with E-state index in [9.17, 15) is 9.00 Å². The molecule has 6 nitrogen and oxygen atoms in total. The summed E-state index contributed by atoms with van der Waals surface area (Å²) in [6.07, 6.45) is 9.38. The van der Waals surface area contributed by atoms with Gasteiger partial charge in [0.25, 0.3) is 0 Å². The van der Waals surface area contributed by atoms with Crippen molar-refractivity contribution in [3.8, 4) is 0 Å². The SMILES string of the molecule is CC(C)Cc1ccc(S(N)=O)cn1.NC(=O)Nc1c2c(cc3c1CCC3)CCC2. The first-order valence-electron chi connectivity index (χ1n) is 10.2. The second kappa shape index (κ2) is 9.50. The van der Waals surface area contributed by atoms with Gasteiger partial charge < -0.3 is 11.1 Å². The quantitative estimate of drug-likeness (QED) is 0.713. The number of nitrogens with one attached hydrogen (secondary N) is 1. The third-order valence-corrected chi connectivity index (χ3v) is 6.07. The van der Waals surface area contributed by atoms with E-state index in [1.54, 1.807) is 12.3 Å². The van der Waals surface area contributed by atoms with Crippen LogP contribution in [0, 0.1) is 5.92 Å². The Balaban J connectivity index is 0.000000170. The molecule has 2 aliphatic carbocycles. The number of aryl methyl sites for hydroxylation is 2. The number of nitrogens with two attached hydrogens (primary N) is 2. The van der Waals surface area contributed by atoms with Crippen molar-refractivity contribution in [1.82, 2.24) is 4.98 Å². The molecule has 5 N–H and O–H groups in total. The van der Waals surface area contributed by atoms with E-state index in [2.05, 4.69) is 30.2 Å². The molecule has 7 heteroatoms. The van der Waals surface area contributed by atoms with Crippen LogP contribution in [0.5, 0.6) is 0 Å². The fraction of sp³-hybridized carbons (Fsp3) is 0.455. The molecule has 1 atom stereocenters. The third kappa shape index (κ3) is 5.42. The van der Waals surface area contributed by atoms with Gasteiger partial charge in [0.2, 0.25) is 0 Å². The van der Waals surface area contributed by atoms with Crippen molar-refractivity contribution in [1.29, 1.82) is 0 Å². The molecule has 0 fully saturated rings. The Morgan fingerprint density at radius 2 is 1.76 bits per heavy atom. The third-order valence-electron chi connectivity index (χ3n) is 5.37. The number of rotatable bonds is 4. The number of hydrogen-bond acceptors (Lipinski definition) is 3. The Morgan fingerprint density at radius 1 is 1.14 bits per heavy atom. The lowest BCUT2D eigenvalue weighted by molar-refractivity contribution is 0.259. The van der Waals surface area contributed by atoms with Gasteiger partial charge in [-0.3, -0.25) is 4.98 Å². The lowest BCUT2D eigenvalue weighted by Crippen LogP contribution is -2.21. The molecule has 2 amide bonds. The van der Waals surface area contributed by atoms with E-state index in [4.69, 9.17) is 10.9 Å². The molecule has 156 valence electrons. The molecule has 0 radical (unpaired) electrons. The van der Waals surface area contributed by atoms with Gasteiger partial charge in [0.1, 0.15) is 11.0 Å². The monoisotopic (exact) mass is 414 g/mol. The van der Waals surface area contributed by atoms with Crippen LogP contribution in [0.1, 0.15) is 54.6 Å². The normalized spacial score (nSPS) is 15.3. The number of carbonyl (C=O) groups excluding carboxylic acids is 1. The van der Waals surface area contributed by atoms with Gasteiger partial charge in [-0.25, -0.2) is 14.1 Å². The summed E-state index contributed by atoms with van der Waals surface area (Å²) >= 11 is 0. The highest BCUT2D eigenvalue weighted by atomic mass is 32.2. The second-order valence-corrected chi connectivity index (χ2v) is 9.17. The van der Waals surface area contributed by atoms with Crippen molar-refractivity contribution in [2.45, 2.75) is 63.7 Å². The van der Waals surface area contributed by atoms with E-state index in [1.165, 1.54) is 35.1 Å². The smallest absolute Gasteiger partial charge is 0.316 e. The zero-order chi connectivity index (χ0) is 21.0. The Kier molecular flexibility index (Phi) is 7.03. The molecule has 0 saturated carbocycles. The predicted octanol–water partition coefficient (Wildman–Crippen LogP) is 3.42. The predicted molar refractivity (Wildman–Crippen MR) is 117 cm³/mol. The molecular formula is C22H30N4O2S. The Bertz CT molecular complexity index is 878. The molecule has 29 heavy (non-hydrogen) atoms. The van der Waals surface area contributed by atoms with Gasteiger partial charge in [0.05, 0.1) is 4.90 Å². The lowest BCUT2D eigenvalue weighted by atomic mass is 9.99. The molecule has 1 unspecified atom stereocenters. The maximum Gasteiger partial charge on any atom is 0.316 e. The summed E-state index contributed by atoms with van der Waals surface area (Å²) in [5.74, 6) is 0.585. The zero-order valence-electron chi connectivity index (χ0n) is 17.2. The van der Waals surface area contributed by atoms with E-state index >= 15 is 0 Å². The molecule has 0 spiro atoms. The number of hydrogen-bond donors (Lipinski definition) is 3. The van der Waals surface area contributed by atoms with Gasteiger partial charge in [-0.15, -0.1) is 0 Å². The number of urea groups is 1. The maximum atomic E-state index is 11.1. The van der Waals surface area contributed by atoms with Crippen molar-refractivity contribution in [3.05, 3.63) is 52.3 Å². The largest absolute Gasteiger partial charge is 0.351 e. The first-order valence-corrected chi connectivity index (χ1v) is 11.4. The van der Waals surface area contributed by atoms with Crippen LogP contribution in [0.15, 0.2) is 29.3 Å².